The third-order valence-electron chi connectivity index (χ3n) is 5.69. The van der Waals surface area contributed by atoms with Gasteiger partial charge in [0.1, 0.15) is 5.70 Å². The SMILES string of the molecule is CC(Sc1cccc(NC(=O)/C(=C\c2ccccc2Cl)NC(=O)c2ccccc2)c1)C(=O)Nc1ccc(Cl)c(Cl)c1. The molecule has 0 heterocycles. The molecule has 0 radical (unpaired) electrons. The van der Waals surface area contributed by atoms with Crippen LogP contribution in [0.2, 0.25) is 15.1 Å². The van der Waals surface area contributed by atoms with Gasteiger partial charge < -0.3 is 16.0 Å². The molecule has 0 saturated heterocycles. The molecule has 208 valence electrons. The van der Waals surface area contributed by atoms with Crippen LogP contribution in [0.3, 0.4) is 0 Å². The molecule has 41 heavy (non-hydrogen) atoms. The van der Waals surface area contributed by atoms with E-state index in [1.165, 1.54) is 17.8 Å². The summed E-state index contributed by atoms with van der Waals surface area (Å²) in [6, 6.07) is 27.5. The van der Waals surface area contributed by atoms with Crippen molar-refractivity contribution in [2.24, 2.45) is 0 Å². The zero-order valence-electron chi connectivity index (χ0n) is 21.7. The third-order valence-corrected chi connectivity index (χ3v) is 7.87. The highest BCUT2D eigenvalue weighted by Gasteiger charge is 2.18. The number of benzene rings is 4. The summed E-state index contributed by atoms with van der Waals surface area (Å²) in [6.07, 6.45) is 1.52. The van der Waals surface area contributed by atoms with Crippen molar-refractivity contribution in [3.05, 3.63) is 129 Å². The second kappa shape index (κ2) is 14.2. The Morgan fingerprint density at radius 1 is 0.732 bits per heavy atom. The minimum Gasteiger partial charge on any atom is -0.325 e. The molecule has 0 aromatic heterocycles. The summed E-state index contributed by atoms with van der Waals surface area (Å²) in [7, 11) is 0. The smallest absolute Gasteiger partial charge is 0.272 e. The van der Waals surface area contributed by atoms with Gasteiger partial charge in [0.05, 0.1) is 15.3 Å². The van der Waals surface area contributed by atoms with Crippen molar-refractivity contribution in [3.8, 4) is 0 Å². The third kappa shape index (κ3) is 8.62. The van der Waals surface area contributed by atoms with Gasteiger partial charge in [-0.05, 0) is 73.2 Å². The van der Waals surface area contributed by atoms with Gasteiger partial charge >= 0.3 is 0 Å². The van der Waals surface area contributed by atoms with E-state index in [0.717, 1.165) is 4.90 Å². The highest BCUT2D eigenvalue weighted by molar-refractivity contribution is 8.00. The maximum Gasteiger partial charge on any atom is 0.272 e. The van der Waals surface area contributed by atoms with Crippen molar-refractivity contribution in [2.45, 2.75) is 17.1 Å². The second-order valence-corrected chi connectivity index (χ2v) is 11.4. The minimum absolute atomic E-state index is 0.0133. The van der Waals surface area contributed by atoms with E-state index in [1.54, 1.807) is 97.9 Å². The Bertz CT molecular complexity index is 1610. The molecule has 1 atom stereocenters. The number of hydrogen-bond donors (Lipinski definition) is 3. The first-order valence-electron chi connectivity index (χ1n) is 12.4. The largest absolute Gasteiger partial charge is 0.325 e. The fraction of sp³-hybridized carbons (Fsp3) is 0.0645. The van der Waals surface area contributed by atoms with E-state index in [9.17, 15) is 14.4 Å². The lowest BCUT2D eigenvalue weighted by Crippen LogP contribution is -2.30. The van der Waals surface area contributed by atoms with Gasteiger partial charge in [0.15, 0.2) is 0 Å². The van der Waals surface area contributed by atoms with Crippen LogP contribution in [-0.4, -0.2) is 23.0 Å². The normalized spacial score (nSPS) is 11.9. The molecule has 0 saturated carbocycles. The van der Waals surface area contributed by atoms with E-state index < -0.39 is 17.1 Å². The van der Waals surface area contributed by atoms with Gasteiger partial charge in [0.2, 0.25) is 5.91 Å². The molecule has 4 rings (SSSR count). The summed E-state index contributed by atoms with van der Waals surface area (Å²) in [5.74, 6) is -1.21. The second-order valence-electron chi connectivity index (χ2n) is 8.76. The molecule has 6 nitrogen and oxygen atoms in total. The van der Waals surface area contributed by atoms with Crippen molar-refractivity contribution >= 4 is 81.7 Å². The number of hydrogen-bond acceptors (Lipinski definition) is 4. The van der Waals surface area contributed by atoms with Gasteiger partial charge in [-0.2, -0.15) is 0 Å². The van der Waals surface area contributed by atoms with Crippen molar-refractivity contribution < 1.29 is 14.4 Å². The Morgan fingerprint density at radius 2 is 1.44 bits per heavy atom. The van der Waals surface area contributed by atoms with E-state index in [2.05, 4.69) is 16.0 Å². The fourth-order valence-electron chi connectivity index (χ4n) is 3.61. The predicted molar refractivity (Wildman–Crippen MR) is 169 cm³/mol. The average Bonchev–Trinajstić information content (AvgIpc) is 2.96. The zero-order chi connectivity index (χ0) is 29.4. The van der Waals surface area contributed by atoms with Crippen LogP contribution in [0, 0.1) is 0 Å². The number of amides is 3. The molecule has 0 aliphatic heterocycles. The van der Waals surface area contributed by atoms with Gasteiger partial charge in [0, 0.05) is 26.9 Å². The van der Waals surface area contributed by atoms with Gasteiger partial charge in [-0.3, -0.25) is 14.4 Å². The Morgan fingerprint density at radius 3 is 2.17 bits per heavy atom. The lowest BCUT2D eigenvalue weighted by Gasteiger charge is -2.14. The Balaban J connectivity index is 1.48. The number of halogens is 3. The molecule has 0 aliphatic carbocycles. The molecule has 0 aliphatic rings. The average molecular weight is 625 g/mol. The van der Waals surface area contributed by atoms with E-state index in [4.69, 9.17) is 34.8 Å². The summed E-state index contributed by atoms with van der Waals surface area (Å²) in [5, 5.41) is 9.05. The standard InChI is InChI=1S/C31H24Cl3N3O3S/c1-19(29(38)35-23-14-15-26(33)27(34)18-23)41-24-12-7-11-22(17-24)36-31(40)28(16-21-10-5-6-13-25(21)32)37-30(39)20-8-3-2-4-9-20/h2-19H,1H3,(H,35,38)(H,36,40)(H,37,39)/b28-16+. The summed E-state index contributed by atoms with van der Waals surface area (Å²) >= 11 is 19.6. The van der Waals surface area contributed by atoms with Crippen LogP contribution < -0.4 is 16.0 Å². The van der Waals surface area contributed by atoms with Gasteiger partial charge in [-0.25, -0.2) is 0 Å². The Kier molecular flexibility index (Phi) is 10.5. The molecule has 1 unspecified atom stereocenters. The van der Waals surface area contributed by atoms with Crippen LogP contribution in [0.4, 0.5) is 11.4 Å². The molecule has 4 aromatic rings. The minimum atomic E-state index is -0.540. The van der Waals surface area contributed by atoms with Gasteiger partial charge in [-0.1, -0.05) is 77.3 Å². The lowest BCUT2D eigenvalue weighted by atomic mass is 10.1. The van der Waals surface area contributed by atoms with Crippen LogP contribution >= 0.6 is 46.6 Å². The highest BCUT2D eigenvalue weighted by Crippen LogP contribution is 2.29. The van der Waals surface area contributed by atoms with Crippen molar-refractivity contribution in [2.75, 3.05) is 10.6 Å². The van der Waals surface area contributed by atoms with Crippen molar-refractivity contribution in [1.82, 2.24) is 5.32 Å². The number of carbonyl (C=O) groups is 3. The zero-order valence-corrected chi connectivity index (χ0v) is 24.7. The topological polar surface area (TPSA) is 87.3 Å². The van der Waals surface area contributed by atoms with Gasteiger partial charge in [0.25, 0.3) is 11.8 Å². The Hall–Kier alpha value is -3.75. The van der Waals surface area contributed by atoms with Crippen LogP contribution in [0.1, 0.15) is 22.8 Å². The van der Waals surface area contributed by atoms with Crippen LogP contribution in [-0.2, 0) is 9.59 Å². The predicted octanol–water partition coefficient (Wildman–Crippen LogP) is 8.18. The highest BCUT2D eigenvalue weighted by atomic mass is 35.5. The van der Waals surface area contributed by atoms with Gasteiger partial charge in [-0.15, -0.1) is 11.8 Å². The molecular formula is C31H24Cl3N3O3S. The summed E-state index contributed by atoms with van der Waals surface area (Å²) in [4.78, 5) is 39.7. The van der Waals surface area contributed by atoms with E-state index in [-0.39, 0.29) is 11.6 Å². The summed E-state index contributed by atoms with van der Waals surface area (Å²) in [5.41, 5.74) is 2.00. The number of thioether (sulfide) groups is 1. The molecule has 0 fully saturated rings. The number of rotatable bonds is 9. The van der Waals surface area contributed by atoms with Crippen LogP contribution in [0.15, 0.2) is 108 Å². The van der Waals surface area contributed by atoms with E-state index >= 15 is 0 Å². The fourth-order valence-corrected chi connectivity index (χ4v) is 5.03. The first kappa shape index (κ1) is 30.2. The quantitative estimate of drug-likeness (QED) is 0.129. The van der Waals surface area contributed by atoms with Crippen molar-refractivity contribution in [1.29, 1.82) is 0 Å². The van der Waals surface area contributed by atoms with Crippen LogP contribution in [0.25, 0.3) is 6.08 Å². The summed E-state index contributed by atoms with van der Waals surface area (Å²) in [6.45, 7) is 1.77. The van der Waals surface area contributed by atoms with E-state index in [0.29, 0.717) is 37.6 Å². The number of anilines is 2. The number of nitrogens with one attached hydrogen (secondary N) is 3. The maximum atomic E-state index is 13.4. The molecule has 3 N–H and O–H groups in total. The van der Waals surface area contributed by atoms with E-state index in [1.807, 2.05) is 6.07 Å². The summed E-state index contributed by atoms with van der Waals surface area (Å²) < 4.78 is 0. The molecule has 0 bridgehead atoms. The van der Waals surface area contributed by atoms with Crippen molar-refractivity contribution in [3.63, 3.8) is 0 Å². The Labute approximate surface area is 257 Å². The van der Waals surface area contributed by atoms with Crippen LogP contribution in [0.5, 0.6) is 0 Å². The molecule has 0 spiro atoms. The first-order valence-corrected chi connectivity index (χ1v) is 14.4. The molecule has 10 heteroatoms. The monoisotopic (exact) mass is 623 g/mol. The number of carbonyl (C=O) groups excluding carboxylic acids is 3. The molecule has 4 aromatic carbocycles. The molecular weight excluding hydrogens is 601 g/mol. The molecule has 3 amide bonds. The first-order chi connectivity index (χ1) is 19.7. The lowest BCUT2D eigenvalue weighted by molar-refractivity contribution is -0.115. The maximum absolute atomic E-state index is 13.4.